The summed E-state index contributed by atoms with van der Waals surface area (Å²) in [7, 11) is 0. The molecule has 2 rings (SSSR count). The number of likely N-dealkylation sites (tertiary alicyclic amines) is 1. The Kier molecular flexibility index (Phi) is 3.89. The molecule has 100 valence electrons. The van der Waals surface area contributed by atoms with E-state index in [2.05, 4.69) is 4.98 Å². The number of alkyl halides is 3. The lowest BCUT2D eigenvalue weighted by molar-refractivity contribution is -0.141. The summed E-state index contributed by atoms with van der Waals surface area (Å²) >= 11 is 0.763. The van der Waals surface area contributed by atoms with Crippen LogP contribution in [0.5, 0.6) is 0 Å². The number of carbonyl (C=O) groups excluding carboxylic acids is 1. The second-order valence-electron chi connectivity index (χ2n) is 4.23. The van der Waals surface area contributed by atoms with E-state index in [-0.39, 0.29) is 4.88 Å². The van der Waals surface area contributed by atoms with Crippen molar-refractivity contribution in [3.05, 3.63) is 16.1 Å². The Labute approximate surface area is 107 Å². The molecule has 1 amide bonds. The van der Waals surface area contributed by atoms with Gasteiger partial charge in [0.15, 0.2) is 5.69 Å². The number of carbonyl (C=O) groups is 1. The fraction of sp³-hybridized carbons (Fsp3) is 0.636. The van der Waals surface area contributed by atoms with Crippen LogP contribution in [0.15, 0.2) is 5.51 Å². The number of aromatic nitrogens is 1. The molecule has 1 aromatic heterocycles. The first kappa shape index (κ1) is 13.3. The molecule has 0 radical (unpaired) electrons. The van der Waals surface area contributed by atoms with E-state index in [0.717, 1.165) is 42.5 Å². The molecule has 1 fully saturated rings. The van der Waals surface area contributed by atoms with Gasteiger partial charge in [-0.15, -0.1) is 11.3 Å². The van der Waals surface area contributed by atoms with Crippen LogP contribution in [0.1, 0.15) is 41.0 Å². The van der Waals surface area contributed by atoms with E-state index < -0.39 is 17.8 Å². The van der Waals surface area contributed by atoms with Crippen LogP contribution < -0.4 is 0 Å². The smallest absolute Gasteiger partial charge is 0.338 e. The molecule has 0 aliphatic carbocycles. The highest BCUT2D eigenvalue weighted by Crippen LogP contribution is 2.33. The quantitative estimate of drug-likeness (QED) is 0.790. The average Bonchev–Trinajstić information content (AvgIpc) is 2.64. The fourth-order valence-electron chi connectivity index (χ4n) is 2.02. The molecule has 0 spiro atoms. The monoisotopic (exact) mass is 278 g/mol. The highest BCUT2D eigenvalue weighted by atomic mass is 32.1. The topological polar surface area (TPSA) is 33.2 Å². The van der Waals surface area contributed by atoms with Crippen LogP contribution in [0, 0.1) is 0 Å². The van der Waals surface area contributed by atoms with Gasteiger partial charge in [0, 0.05) is 13.1 Å². The molecule has 2 heterocycles. The summed E-state index contributed by atoms with van der Waals surface area (Å²) in [6, 6.07) is 0. The van der Waals surface area contributed by atoms with Crippen LogP contribution in [-0.4, -0.2) is 28.9 Å². The normalized spacial score (nSPS) is 17.6. The van der Waals surface area contributed by atoms with Crippen molar-refractivity contribution >= 4 is 17.2 Å². The summed E-state index contributed by atoms with van der Waals surface area (Å²) in [6.45, 7) is 1.07. The molecule has 1 aliphatic rings. The summed E-state index contributed by atoms with van der Waals surface area (Å²) in [6.07, 6.45) is -0.800. The number of amides is 1. The van der Waals surface area contributed by atoms with Crippen LogP contribution in [0.2, 0.25) is 0 Å². The maximum Gasteiger partial charge on any atom is 0.434 e. The lowest BCUT2D eigenvalue weighted by Gasteiger charge is -2.20. The summed E-state index contributed by atoms with van der Waals surface area (Å²) in [5.41, 5.74) is 0.0233. The van der Waals surface area contributed by atoms with Gasteiger partial charge >= 0.3 is 6.18 Å². The van der Waals surface area contributed by atoms with E-state index in [0.29, 0.717) is 13.1 Å². The molecule has 1 aliphatic heterocycles. The van der Waals surface area contributed by atoms with Crippen LogP contribution in [0.25, 0.3) is 0 Å². The number of nitrogens with zero attached hydrogens (tertiary/aromatic N) is 2. The summed E-state index contributed by atoms with van der Waals surface area (Å²) < 4.78 is 38.0. The van der Waals surface area contributed by atoms with Gasteiger partial charge in [0.2, 0.25) is 0 Å². The number of hydrogen-bond acceptors (Lipinski definition) is 3. The van der Waals surface area contributed by atoms with Crippen molar-refractivity contribution in [2.75, 3.05) is 13.1 Å². The Morgan fingerprint density at radius 3 is 2.39 bits per heavy atom. The highest BCUT2D eigenvalue weighted by molar-refractivity contribution is 7.11. The predicted molar refractivity (Wildman–Crippen MR) is 61.5 cm³/mol. The molecule has 3 nitrogen and oxygen atoms in total. The van der Waals surface area contributed by atoms with Crippen molar-refractivity contribution in [3.63, 3.8) is 0 Å². The van der Waals surface area contributed by atoms with Crippen LogP contribution in [0.4, 0.5) is 13.2 Å². The number of thiazole rings is 1. The number of halogens is 3. The highest BCUT2D eigenvalue weighted by Gasteiger charge is 2.39. The summed E-state index contributed by atoms with van der Waals surface area (Å²) in [4.78, 5) is 16.6. The first-order chi connectivity index (χ1) is 8.50. The van der Waals surface area contributed by atoms with E-state index in [1.54, 1.807) is 0 Å². The summed E-state index contributed by atoms with van der Waals surface area (Å²) in [5.74, 6) is -0.535. The maximum atomic E-state index is 12.7. The lowest BCUT2D eigenvalue weighted by atomic mass is 10.2. The van der Waals surface area contributed by atoms with Crippen molar-refractivity contribution < 1.29 is 18.0 Å². The van der Waals surface area contributed by atoms with E-state index in [1.807, 2.05) is 0 Å². The minimum Gasteiger partial charge on any atom is -0.338 e. The predicted octanol–water partition coefficient (Wildman–Crippen LogP) is 3.18. The minimum atomic E-state index is -4.56. The number of hydrogen-bond donors (Lipinski definition) is 0. The molecule has 0 bridgehead atoms. The van der Waals surface area contributed by atoms with Crippen LogP contribution in [0.3, 0.4) is 0 Å². The standard InChI is InChI=1S/C11H13F3N2OS/c12-11(13,14)9-8(18-7-15-9)10(17)16-5-3-1-2-4-6-16/h7H,1-6H2. The van der Waals surface area contributed by atoms with Crippen molar-refractivity contribution in [2.24, 2.45) is 0 Å². The zero-order valence-corrected chi connectivity index (χ0v) is 10.5. The zero-order valence-electron chi connectivity index (χ0n) is 9.66. The molecule has 18 heavy (non-hydrogen) atoms. The second kappa shape index (κ2) is 5.26. The fourth-order valence-corrected chi connectivity index (χ4v) is 2.79. The molecule has 1 aromatic rings. The molecule has 7 heteroatoms. The first-order valence-corrected chi connectivity index (χ1v) is 6.68. The SMILES string of the molecule is O=C(c1scnc1C(F)(F)F)N1CCCCCC1. The number of rotatable bonds is 1. The van der Waals surface area contributed by atoms with Gasteiger partial charge in [0.05, 0.1) is 5.51 Å². The maximum absolute atomic E-state index is 12.7. The Morgan fingerprint density at radius 2 is 1.83 bits per heavy atom. The molecular weight excluding hydrogens is 265 g/mol. The molecular formula is C11H13F3N2OS. The van der Waals surface area contributed by atoms with Gasteiger partial charge in [-0.3, -0.25) is 4.79 Å². The van der Waals surface area contributed by atoms with Crippen molar-refractivity contribution in [1.29, 1.82) is 0 Å². The minimum absolute atomic E-state index is 0.288. The third kappa shape index (κ3) is 2.82. The van der Waals surface area contributed by atoms with Gasteiger partial charge in [-0.2, -0.15) is 13.2 Å². The van der Waals surface area contributed by atoms with E-state index in [9.17, 15) is 18.0 Å². The molecule has 0 N–H and O–H groups in total. The Balaban J connectivity index is 2.20. The molecule has 0 saturated carbocycles. The van der Waals surface area contributed by atoms with Crippen LogP contribution >= 0.6 is 11.3 Å². The summed E-state index contributed by atoms with van der Waals surface area (Å²) in [5, 5.41) is 0. The van der Waals surface area contributed by atoms with Crippen molar-refractivity contribution in [3.8, 4) is 0 Å². The average molecular weight is 278 g/mol. The Morgan fingerprint density at radius 1 is 1.22 bits per heavy atom. The van der Waals surface area contributed by atoms with Crippen molar-refractivity contribution in [2.45, 2.75) is 31.9 Å². The lowest BCUT2D eigenvalue weighted by Crippen LogP contribution is -2.32. The third-order valence-corrected chi connectivity index (χ3v) is 3.74. The van der Waals surface area contributed by atoms with Gasteiger partial charge in [-0.25, -0.2) is 4.98 Å². The van der Waals surface area contributed by atoms with Gasteiger partial charge in [0.25, 0.3) is 5.91 Å². The third-order valence-electron chi connectivity index (χ3n) is 2.92. The molecule has 1 saturated heterocycles. The van der Waals surface area contributed by atoms with Gasteiger partial charge in [0.1, 0.15) is 4.88 Å². The van der Waals surface area contributed by atoms with E-state index >= 15 is 0 Å². The second-order valence-corrected chi connectivity index (χ2v) is 5.09. The van der Waals surface area contributed by atoms with Gasteiger partial charge < -0.3 is 4.90 Å². The Hall–Kier alpha value is -1.11. The molecule has 0 unspecified atom stereocenters. The first-order valence-electron chi connectivity index (χ1n) is 5.80. The van der Waals surface area contributed by atoms with Gasteiger partial charge in [-0.1, -0.05) is 12.8 Å². The van der Waals surface area contributed by atoms with E-state index in [1.165, 1.54) is 4.90 Å². The largest absolute Gasteiger partial charge is 0.434 e. The zero-order chi connectivity index (χ0) is 13.2. The van der Waals surface area contributed by atoms with Gasteiger partial charge in [-0.05, 0) is 12.8 Å². The van der Waals surface area contributed by atoms with Crippen molar-refractivity contribution in [1.82, 2.24) is 9.88 Å². The van der Waals surface area contributed by atoms with E-state index in [4.69, 9.17) is 0 Å². The Bertz CT molecular complexity index is 422. The van der Waals surface area contributed by atoms with Crippen LogP contribution in [-0.2, 0) is 6.18 Å². The molecule has 0 aromatic carbocycles. The molecule has 0 atom stereocenters.